The van der Waals surface area contributed by atoms with Crippen molar-refractivity contribution in [1.82, 2.24) is 9.55 Å². The Morgan fingerprint density at radius 2 is 1.83 bits per heavy atom. The lowest BCUT2D eigenvalue weighted by molar-refractivity contribution is -0.117. The van der Waals surface area contributed by atoms with Crippen LogP contribution in [0.4, 0.5) is 10.1 Å². The summed E-state index contributed by atoms with van der Waals surface area (Å²) in [5.41, 5.74) is 3.81. The standard InChI is InChI=1S/C24H19BrFN3O/c25-18-4-3-5-20(13-18)28-15-17(12-23(28)30)24-27-21-6-1-2-7-22(21)29(24)14-16-8-10-19(26)11-9-16/h1-11,13,17H,12,14-15H2. The molecule has 3 aromatic carbocycles. The molecule has 1 unspecified atom stereocenters. The van der Waals surface area contributed by atoms with Gasteiger partial charge in [0, 0.05) is 35.6 Å². The summed E-state index contributed by atoms with van der Waals surface area (Å²) in [7, 11) is 0. The first kappa shape index (κ1) is 19.0. The van der Waals surface area contributed by atoms with Crippen molar-refractivity contribution in [1.29, 1.82) is 0 Å². The molecule has 0 saturated carbocycles. The topological polar surface area (TPSA) is 38.1 Å². The van der Waals surface area contributed by atoms with Gasteiger partial charge < -0.3 is 9.47 Å². The number of benzene rings is 3. The molecule has 30 heavy (non-hydrogen) atoms. The van der Waals surface area contributed by atoms with Gasteiger partial charge in [-0.25, -0.2) is 9.37 Å². The normalized spacial score (nSPS) is 16.5. The van der Waals surface area contributed by atoms with E-state index in [0.717, 1.165) is 32.6 Å². The largest absolute Gasteiger partial charge is 0.323 e. The SMILES string of the molecule is O=C1CC(c2nc3ccccc3n2Cc2ccc(F)cc2)CN1c1cccc(Br)c1. The van der Waals surface area contributed by atoms with Crippen LogP contribution in [0.5, 0.6) is 0 Å². The molecule has 1 aliphatic rings. The monoisotopic (exact) mass is 463 g/mol. The predicted molar refractivity (Wildman–Crippen MR) is 119 cm³/mol. The molecule has 1 fully saturated rings. The van der Waals surface area contributed by atoms with E-state index in [1.165, 1.54) is 12.1 Å². The van der Waals surface area contributed by atoms with E-state index in [-0.39, 0.29) is 17.6 Å². The number of nitrogens with zero attached hydrogens (tertiary/aromatic N) is 3. The van der Waals surface area contributed by atoms with E-state index in [1.807, 2.05) is 53.4 Å². The molecule has 6 heteroatoms. The number of rotatable bonds is 4. The molecule has 0 radical (unpaired) electrons. The van der Waals surface area contributed by atoms with Crippen LogP contribution >= 0.6 is 15.9 Å². The summed E-state index contributed by atoms with van der Waals surface area (Å²) in [6, 6.07) is 22.3. The highest BCUT2D eigenvalue weighted by atomic mass is 79.9. The number of aromatic nitrogens is 2. The fraction of sp³-hybridized carbons (Fsp3) is 0.167. The molecule has 150 valence electrons. The number of hydrogen-bond donors (Lipinski definition) is 0. The number of carbonyl (C=O) groups excluding carboxylic acids is 1. The van der Waals surface area contributed by atoms with Crippen LogP contribution in [0.15, 0.2) is 77.3 Å². The Hall–Kier alpha value is -2.99. The quantitative estimate of drug-likeness (QED) is 0.400. The van der Waals surface area contributed by atoms with Gasteiger partial charge >= 0.3 is 0 Å². The molecule has 5 rings (SSSR count). The molecule has 4 aromatic rings. The van der Waals surface area contributed by atoms with E-state index in [4.69, 9.17) is 4.98 Å². The van der Waals surface area contributed by atoms with Crippen LogP contribution in [0.1, 0.15) is 23.7 Å². The van der Waals surface area contributed by atoms with Crippen molar-refractivity contribution in [3.8, 4) is 0 Å². The number of para-hydroxylation sites is 2. The molecule has 0 spiro atoms. The highest BCUT2D eigenvalue weighted by Crippen LogP contribution is 2.34. The van der Waals surface area contributed by atoms with Gasteiger partial charge in [-0.2, -0.15) is 0 Å². The van der Waals surface area contributed by atoms with E-state index in [1.54, 1.807) is 12.1 Å². The molecular weight excluding hydrogens is 445 g/mol. The molecule has 0 bridgehead atoms. The maximum absolute atomic E-state index is 13.4. The van der Waals surface area contributed by atoms with Crippen LogP contribution in [0.2, 0.25) is 0 Å². The third kappa shape index (κ3) is 3.52. The highest BCUT2D eigenvalue weighted by molar-refractivity contribution is 9.10. The third-order valence-electron chi connectivity index (χ3n) is 5.55. The zero-order valence-corrected chi connectivity index (χ0v) is 17.7. The molecule has 4 nitrogen and oxygen atoms in total. The number of halogens is 2. The number of hydrogen-bond acceptors (Lipinski definition) is 2. The molecule has 1 aliphatic heterocycles. The second-order valence-corrected chi connectivity index (χ2v) is 8.47. The van der Waals surface area contributed by atoms with Crippen LogP contribution in [0.3, 0.4) is 0 Å². The lowest BCUT2D eigenvalue weighted by Crippen LogP contribution is -2.24. The van der Waals surface area contributed by atoms with Gasteiger partial charge in [-0.05, 0) is 48.0 Å². The average Bonchev–Trinajstić information content (AvgIpc) is 3.30. The summed E-state index contributed by atoms with van der Waals surface area (Å²) in [5, 5.41) is 0. The van der Waals surface area contributed by atoms with E-state index in [9.17, 15) is 9.18 Å². The third-order valence-corrected chi connectivity index (χ3v) is 6.04. The fourth-order valence-electron chi connectivity index (χ4n) is 4.12. The van der Waals surface area contributed by atoms with E-state index in [0.29, 0.717) is 19.5 Å². The Morgan fingerprint density at radius 3 is 2.63 bits per heavy atom. The number of fused-ring (bicyclic) bond motifs is 1. The molecule has 1 aromatic heterocycles. The summed E-state index contributed by atoms with van der Waals surface area (Å²) in [6.07, 6.45) is 0.416. The van der Waals surface area contributed by atoms with Crippen LogP contribution in [0, 0.1) is 5.82 Å². The summed E-state index contributed by atoms with van der Waals surface area (Å²) in [5.74, 6) is 0.731. The Balaban J connectivity index is 1.52. The van der Waals surface area contributed by atoms with Gasteiger partial charge in [0.1, 0.15) is 11.6 Å². The average molecular weight is 464 g/mol. The molecule has 1 amide bonds. The van der Waals surface area contributed by atoms with Gasteiger partial charge in [0.25, 0.3) is 0 Å². The lowest BCUT2D eigenvalue weighted by Gasteiger charge is -2.18. The molecule has 1 saturated heterocycles. The Labute approximate surface area is 182 Å². The van der Waals surface area contributed by atoms with Gasteiger partial charge in [-0.15, -0.1) is 0 Å². The number of amides is 1. The summed E-state index contributed by atoms with van der Waals surface area (Å²) in [6.45, 7) is 1.17. The Bertz CT molecular complexity index is 1230. The lowest BCUT2D eigenvalue weighted by atomic mass is 10.1. The Morgan fingerprint density at radius 1 is 1.03 bits per heavy atom. The maximum atomic E-state index is 13.4. The first-order valence-electron chi connectivity index (χ1n) is 9.84. The van der Waals surface area contributed by atoms with Crippen molar-refractivity contribution in [2.24, 2.45) is 0 Å². The van der Waals surface area contributed by atoms with Crippen molar-refractivity contribution in [2.45, 2.75) is 18.9 Å². The van der Waals surface area contributed by atoms with Gasteiger partial charge in [-0.3, -0.25) is 4.79 Å². The van der Waals surface area contributed by atoms with Crippen molar-refractivity contribution < 1.29 is 9.18 Å². The minimum absolute atomic E-state index is 0.00988. The number of anilines is 1. The first-order chi connectivity index (χ1) is 14.6. The zero-order chi connectivity index (χ0) is 20.7. The maximum Gasteiger partial charge on any atom is 0.227 e. The Kier molecular flexibility index (Phi) is 4.87. The molecule has 0 aliphatic carbocycles. The zero-order valence-electron chi connectivity index (χ0n) is 16.1. The number of imidazole rings is 1. The van der Waals surface area contributed by atoms with Gasteiger partial charge in [0.05, 0.1) is 11.0 Å². The fourth-order valence-corrected chi connectivity index (χ4v) is 4.51. The minimum atomic E-state index is -0.250. The summed E-state index contributed by atoms with van der Waals surface area (Å²) in [4.78, 5) is 19.5. The van der Waals surface area contributed by atoms with Crippen LogP contribution in [-0.2, 0) is 11.3 Å². The van der Waals surface area contributed by atoms with Gasteiger partial charge in [-0.1, -0.05) is 46.3 Å². The van der Waals surface area contributed by atoms with Crippen molar-refractivity contribution in [3.63, 3.8) is 0 Å². The van der Waals surface area contributed by atoms with Gasteiger partial charge in [0.15, 0.2) is 0 Å². The molecule has 1 atom stereocenters. The second-order valence-electron chi connectivity index (χ2n) is 7.56. The van der Waals surface area contributed by atoms with Crippen molar-refractivity contribution >= 4 is 38.6 Å². The smallest absolute Gasteiger partial charge is 0.227 e. The second kappa shape index (κ2) is 7.69. The predicted octanol–water partition coefficient (Wildman–Crippen LogP) is 5.51. The highest BCUT2D eigenvalue weighted by Gasteiger charge is 2.34. The molecule has 0 N–H and O–H groups in total. The molecule has 2 heterocycles. The van der Waals surface area contributed by atoms with Crippen molar-refractivity contribution in [3.05, 3.63) is 94.5 Å². The van der Waals surface area contributed by atoms with Gasteiger partial charge in [0.2, 0.25) is 5.91 Å². The van der Waals surface area contributed by atoms with Crippen molar-refractivity contribution in [2.75, 3.05) is 11.4 Å². The van der Waals surface area contributed by atoms with Crippen LogP contribution in [0.25, 0.3) is 11.0 Å². The van der Waals surface area contributed by atoms with Crippen LogP contribution < -0.4 is 4.90 Å². The summed E-state index contributed by atoms with van der Waals surface area (Å²) < 4.78 is 16.5. The minimum Gasteiger partial charge on any atom is -0.323 e. The van der Waals surface area contributed by atoms with E-state index in [2.05, 4.69) is 20.5 Å². The van der Waals surface area contributed by atoms with E-state index >= 15 is 0 Å². The van der Waals surface area contributed by atoms with Crippen LogP contribution in [-0.4, -0.2) is 22.0 Å². The van der Waals surface area contributed by atoms with E-state index < -0.39 is 0 Å². The first-order valence-corrected chi connectivity index (χ1v) is 10.6. The molecular formula is C24H19BrFN3O. The summed E-state index contributed by atoms with van der Waals surface area (Å²) >= 11 is 3.49. The number of carbonyl (C=O) groups is 1.